The Hall–Kier alpha value is -1.23. The van der Waals surface area contributed by atoms with Gasteiger partial charge < -0.3 is 14.4 Å². The summed E-state index contributed by atoms with van der Waals surface area (Å²) in [6.07, 6.45) is 2.22. The lowest BCUT2D eigenvalue weighted by atomic mass is 10.4. The van der Waals surface area contributed by atoms with E-state index in [1.807, 2.05) is 34.6 Å². The van der Waals surface area contributed by atoms with Gasteiger partial charge in [-0.05, 0) is 6.92 Å². The Labute approximate surface area is 110 Å². The van der Waals surface area contributed by atoms with Crippen molar-refractivity contribution in [3.63, 3.8) is 0 Å². The van der Waals surface area contributed by atoms with E-state index in [0.29, 0.717) is 0 Å². The highest BCUT2D eigenvalue weighted by Gasteiger charge is 2.49. The minimum absolute atomic E-state index is 0.0796. The van der Waals surface area contributed by atoms with E-state index in [1.165, 1.54) is 0 Å². The second kappa shape index (κ2) is 7.26. The third-order valence-electron chi connectivity index (χ3n) is 2.73. The number of hydrogen-bond acceptors (Lipinski definition) is 3. The smallest absolute Gasteiger partial charge is 0.407 e. The Morgan fingerprint density at radius 1 is 1.28 bits per heavy atom. The minimum Gasteiger partial charge on any atom is -0.485 e. The molecule has 0 aromatic heterocycles. The Balaban J connectivity index is 5.27. The molecule has 0 spiro atoms. The topological polar surface area (TPSA) is 71.9 Å². The molecule has 0 rings (SSSR count). The second-order valence-corrected chi connectivity index (χ2v) is 8.95. The Kier molecular flexibility index (Phi) is 6.76. The van der Waals surface area contributed by atoms with E-state index in [9.17, 15) is 4.79 Å². The molecule has 0 radical (unpaired) electrons. The van der Waals surface area contributed by atoms with Gasteiger partial charge in [-0.25, -0.2) is 4.79 Å². The van der Waals surface area contributed by atoms with E-state index in [-0.39, 0.29) is 17.2 Å². The summed E-state index contributed by atoms with van der Waals surface area (Å²) in [5.41, 5.74) is 8.52. The Morgan fingerprint density at radius 2 is 1.78 bits per heavy atom. The van der Waals surface area contributed by atoms with Gasteiger partial charge in [-0.15, -0.1) is 6.58 Å². The van der Waals surface area contributed by atoms with Crippen LogP contribution in [0.4, 0.5) is 0 Å². The molecule has 1 unspecified atom stereocenters. The Morgan fingerprint density at radius 3 is 2.11 bits per heavy atom. The van der Waals surface area contributed by atoms with Gasteiger partial charge in [0.05, 0.1) is 6.10 Å². The van der Waals surface area contributed by atoms with Gasteiger partial charge in [-0.1, -0.05) is 33.8 Å². The van der Waals surface area contributed by atoms with Crippen molar-refractivity contribution in [1.82, 2.24) is 0 Å². The van der Waals surface area contributed by atoms with Crippen molar-refractivity contribution in [2.24, 2.45) is 0 Å². The summed E-state index contributed by atoms with van der Waals surface area (Å²) >= 11 is 0. The van der Waals surface area contributed by atoms with Crippen molar-refractivity contribution in [2.75, 3.05) is 0 Å². The van der Waals surface area contributed by atoms with Crippen LogP contribution in [-0.4, -0.2) is 31.6 Å². The van der Waals surface area contributed by atoms with Crippen LogP contribution in [-0.2, 0) is 13.6 Å². The first-order chi connectivity index (χ1) is 8.30. The molecule has 0 amide bonds. The predicted molar refractivity (Wildman–Crippen MR) is 72.5 cm³/mol. The molecule has 0 aliphatic carbocycles. The summed E-state index contributed by atoms with van der Waals surface area (Å²) in [5.74, 6) is -0.678. The summed E-state index contributed by atoms with van der Waals surface area (Å²) in [7, 11) is -2.76. The summed E-state index contributed by atoms with van der Waals surface area (Å²) < 4.78 is 11.5. The molecule has 0 bridgehead atoms. The first-order valence-electron chi connectivity index (χ1n) is 6.00. The molecule has 6 heteroatoms. The summed E-state index contributed by atoms with van der Waals surface area (Å²) in [5, 5.41) is 0. The zero-order valence-electron chi connectivity index (χ0n) is 11.7. The second-order valence-electron chi connectivity index (χ2n) is 4.76. The fourth-order valence-corrected chi connectivity index (χ4v) is 5.21. The highest BCUT2D eigenvalue weighted by atomic mass is 28.4. The van der Waals surface area contributed by atoms with Gasteiger partial charge in [-0.3, -0.25) is 0 Å². The highest BCUT2D eigenvalue weighted by Crippen LogP contribution is 2.35. The van der Waals surface area contributed by atoms with Crippen LogP contribution in [0.15, 0.2) is 12.7 Å². The van der Waals surface area contributed by atoms with Crippen molar-refractivity contribution < 1.29 is 18.4 Å². The van der Waals surface area contributed by atoms with Crippen LogP contribution in [0.5, 0.6) is 0 Å². The lowest BCUT2D eigenvalue weighted by molar-refractivity contribution is -0.133. The van der Waals surface area contributed by atoms with Crippen molar-refractivity contribution in [3.8, 4) is 0 Å². The van der Waals surface area contributed by atoms with Gasteiger partial charge in [-0.2, -0.15) is 4.79 Å². The van der Waals surface area contributed by atoms with Crippen LogP contribution >= 0.6 is 0 Å². The quantitative estimate of drug-likeness (QED) is 0.235. The van der Waals surface area contributed by atoms with Gasteiger partial charge in [0.1, 0.15) is 0 Å². The number of nitrogens with zero attached hydrogens (tertiary/aromatic N) is 2. The van der Waals surface area contributed by atoms with Crippen molar-refractivity contribution >= 4 is 20.7 Å². The molecule has 0 aliphatic rings. The third-order valence-corrected chi connectivity index (χ3v) is 7.21. The third kappa shape index (κ3) is 4.22. The van der Waals surface area contributed by atoms with Crippen LogP contribution in [0.2, 0.25) is 11.1 Å². The van der Waals surface area contributed by atoms with E-state index in [2.05, 4.69) is 11.4 Å². The van der Waals surface area contributed by atoms with Crippen LogP contribution < -0.4 is 0 Å². The Bertz CT molecular complexity index is 341. The number of carbonyl (C=O) groups is 1. The zero-order chi connectivity index (χ0) is 14.3. The fourth-order valence-electron chi connectivity index (χ4n) is 1.77. The summed E-state index contributed by atoms with van der Waals surface area (Å²) in [6.45, 7) is 13.4. The monoisotopic (exact) mass is 270 g/mol. The molecule has 0 N–H and O–H groups in total. The largest absolute Gasteiger partial charge is 0.485 e. The van der Waals surface area contributed by atoms with E-state index in [4.69, 9.17) is 14.4 Å². The molecule has 0 heterocycles. The number of carbonyl (C=O) groups excluding carboxylic acids is 1. The molecule has 5 nitrogen and oxygen atoms in total. The maximum atomic E-state index is 11.5. The maximum absolute atomic E-state index is 11.5. The van der Waals surface area contributed by atoms with Gasteiger partial charge in [0.25, 0.3) is 0 Å². The highest BCUT2D eigenvalue weighted by molar-refractivity contribution is 6.72. The number of hydrogen-bond donors (Lipinski definition) is 0. The van der Waals surface area contributed by atoms with Crippen LogP contribution in [0.3, 0.4) is 0 Å². The van der Waals surface area contributed by atoms with Crippen molar-refractivity contribution in [2.45, 2.75) is 51.8 Å². The van der Waals surface area contributed by atoms with E-state index in [1.54, 1.807) is 6.08 Å². The molecule has 18 heavy (non-hydrogen) atoms. The predicted octanol–water partition coefficient (Wildman–Crippen LogP) is 2.68. The SMILES string of the molecule is C=CC(C)O[Si](OC(=O)C=[N+]=[N-])(C(C)C)C(C)C. The molecule has 0 saturated heterocycles. The molecule has 1 atom stereocenters. The van der Waals surface area contributed by atoms with Gasteiger partial charge in [0, 0.05) is 11.1 Å². The number of rotatable bonds is 7. The summed E-state index contributed by atoms with van der Waals surface area (Å²) in [6, 6.07) is 0. The molecule has 0 fully saturated rings. The minimum atomic E-state index is -2.76. The van der Waals surface area contributed by atoms with E-state index >= 15 is 0 Å². The maximum Gasteiger partial charge on any atom is 0.407 e. The molecule has 0 aromatic carbocycles. The van der Waals surface area contributed by atoms with Crippen LogP contribution in [0, 0.1) is 0 Å². The molecule has 0 aromatic rings. The average molecular weight is 270 g/mol. The van der Waals surface area contributed by atoms with E-state index < -0.39 is 14.5 Å². The van der Waals surface area contributed by atoms with Gasteiger partial charge >= 0.3 is 20.7 Å². The zero-order valence-corrected chi connectivity index (χ0v) is 12.7. The lowest BCUT2D eigenvalue weighted by Crippen LogP contribution is -2.51. The molecule has 0 aliphatic heterocycles. The van der Waals surface area contributed by atoms with Crippen molar-refractivity contribution in [1.29, 1.82) is 0 Å². The molecular weight excluding hydrogens is 248 g/mol. The normalized spacial score (nSPS) is 13.1. The lowest BCUT2D eigenvalue weighted by Gasteiger charge is -2.37. The average Bonchev–Trinajstić information content (AvgIpc) is 2.27. The van der Waals surface area contributed by atoms with Gasteiger partial charge in [0.15, 0.2) is 0 Å². The van der Waals surface area contributed by atoms with Crippen molar-refractivity contribution in [3.05, 3.63) is 18.2 Å². The first kappa shape index (κ1) is 16.8. The standard InChI is InChI=1S/C12H22N2O3Si/c1-7-11(6)16-18(9(2)3,10(4)5)17-12(15)8-14-13/h7-11H,1H2,2-6H3. The van der Waals surface area contributed by atoms with Crippen LogP contribution in [0.25, 0.3) is 5.53 Å². The first-order valence-corrected chi connectivity index (χ1v) is 7.98. The van der Waals surface area contributed by atoms with Gasteiger partial charge in [0.2, 0.25) is 0 Å². The summed E-state index contributed by atoms with van der Waals surface area (Å²) in [4.78, 5) is 14.2. The molecular formula is C12H22N2O3Si. The fraction of sp³-hybridized carbons (Fsp3) is 0.667. The van der Waals surface area contributed by atoms with Crippen LogP contribution in [0.1, 0.15) is 34.6 Å². The molecule has 0 saturated carbocycles. The van der Waals surface area contributed by atoms with E-state index in [0.717, 1.165) is 6.21 Å². The molecule has 102 valence electrons.